The monoisotopic (exact) mass is 357 g/mol. The van der Waals surface area contributed by atoms with Crippen molar-refractivity contribution in [3.63, 3.8) is 0 Å². The molecule has 1 aromatic carbocycles. The van der Waals surface area contributed by atoms with Gasteiger partial charge in [0, 0.05) is 16.0 Å². The van der Waals surface area contributed by atoms with Gasteiger partial charge in [-0.05, 0) is 64.0 Å². The molecule has 1 unspecified atom stereocenters. The molecular formula is C14H13BrClNOS. The molecule has 2 nitrogen and oxygen atoms in total. The predicted molar refractivity (Wildman–Crippen MR) is 82.8 cm³/mol. The fraction of sp³-hybridized carbons (Fsp3) is 0.286. The Morgan fingerprint density at radius 1 is 1.37 bits per heavy atom. The normalized spacial score (nSPS) is 18.3. The van der Waals surface area contributed by atoms with Crippen LogP contribution in [0.25, 0.3) is 0 Å². The first-order valence-corrected chi connectivity index (χ1v) is 8.28. The third-order valence-electron chi connectivity index (χ3n) is 3.16. The van der Waals surface area contributed by atoms with E-state index in [1.165, 1.54) is 10.5 Å². The van der Waals surface area contributed by atoms with Crippen LogP contribution in [-0.4, -0.2) is 5.75 Å². The van der Waals surface area contributed by atoms with Crippen molar-refractivity contribution in [1.29, 1.82) is 0 Å². The number of thioether (sulfide) groups is 1. The number of hydrogen-bond donors (Lipinski definition) is 1. The Balaban J connectivity index is 1.74. The van der Waals surface area contributed by atoms with E-state index in [1.54, 1.807) is 0 Å². The minimum atomic E-state index is 0.346. The minimum Gasteiger partial charge on any atom is -0.453 e. The molecule has 0 fully saturated rings. The fourth-order valence-corrected chi connectivity index (χ4v) is 3.87. The van der Waals surface area contributed by atoms with Gasteiger partial charge in [0.15, 0.2) is 4.67 Å². The molecule has 1 aliphatic rings. The van der Waals surface area contributed by atoms with Gasteiger partial charge in [0.05, 0.1) is 6.54 Å². The van der Waals surface area contributed by atoms with Crippen molar-refractivity contribution in [1.82, 2.24) is 5.32 Å². The van der Waals surface area contributed by atoms with Crippen molar-refractivity contribution in [2.24, 2.45) is 0 Å². The Hall–Kier alpha value is -0.420. The number of benzene rings is 1. The van der Waals surface area contributed by atoms with Crippen LogP contribution in [0.15, 0.2) is 44.3 Å². The van der Waals surface area contributed by atoms with Crippen LogP contribution in [0.3, 0.4) is 0 Å². The summed E-state index contributed by atoms with van der Waals surface area (Å²) < 4.78 is 6.28. The van der Waals surface area contributed by atoms with E-state index >= 15 is 0 Å². The molecule has 1 N–H and O–H groups in total. The first-order valence-electron chi connectivity index (χ1n) is 6.12. The van der Waals surface area contributed by atoms with Crippen molar-refractivity contribution in [2.45, 2.75) is 23.9 Å². The van der Waals surface area contributed by atoms with E-state index in [4.69, 9.17) is 16.0 Å². The molecule has 2 heterocycles. The molecule has 0 radical (unpaired) electrons. The summed E-state index contributed by atoms with van der Waals surface area (Å²) in [5.74, 6) is 2.07. The third kappa shape index (κ3) is 3.19. The number of rotatable bonds is 3. The minimum absolute atomic E-state index is 0.346. The molecule has 0 saturated heterocycles. The van der Waals surface area contributed by atoms with E-state index in [1.807, 2.05) is 30.0 Å². The smallest absolute Gasteiger partial charge is 0.169 e. The molecular weight excluding hydrogens is 346 g/mol. The van der Waals surface area contributed by atoms with Crippen LogP contribution in [0, 0.1) is 0 Å². The second-order valence-electron chi connectivity index (χ2n) is 4.46. The van der Waals surface area contributed by atoms with Gasteiger partial charge in [-0.25, -0.2) is 0 Å². The molecule has 1 aliphatic heterocycles. The maximum absolute atomic E-state index is 6.10. The molecule has 0 bridgehead atoms. The van der Waals surface area contributed by atoms with Crippen molar-refractivity contribution in [3.8, 4) is 0 Å². The van der Waals surface area contributed by atoms with E-state index < -0.39 is 0 Å². The summed E-state index contributed by atoms with van der Waals surface area (Å²) in [4.78, 5) is 1.33. The highest BCUT2D eigenvalue weighted by Crippen LogP contribution is 2.37. The van der Waals surface area contributed by atoms with Gasteiger partial charge in [0.1, 0.15) is 5.76 Å². The van der Waals surface area contributed by atoms with Crippen molar-refractivity contribution in [3.05, 3.63) is 51.3 Å². The zero-order chi connectivity index (χ0) is 13.2. The molecule has 0 saturated carbocycles. The maximum atomic E-state index is 6.10. The van der Waals surface area contributed by atoms with Crippen LogP contribution in [0.4, 0.5) is 0 Å². The molecule has 3 rings (SSSR count). The zero-order valence-electron chi connectivity index (χ0n) is 10.2. The van der Waals surface area contributed by atoms with Crippen LogP contribution >= 0.6 is 39.3 Å². The maximum Gasteiger partial charge on any atom is 0.169 e. The second kappa shape index (κ2) is 5.92. The van der Waals surface area contributed by atoms with Gasteiger partial charge < -0.3 is 9.73 Å². The fourth-order valence-electron chi connectivity index (χ4n) is 2.25. The van der Waals surface area contributed by atoms with Gasteiger partial charge in [-0.15, -0.1) is 11.8 Å². The van der Waals surface area contributed by atoms with Gasteiger partial charge in [0.25, 0.3) is 0 Å². The number of nitrogens with one attached hydrogen (secondary N) is 1. The van der Waals surface area contributed by atoms with E-state index in [-0.39, 0.29) is 0 Å². The Morgan fingerprint density at radius 3 is 3.05 bits per heavy atom. The highest BCUT2D eigenvalue weighted by molar-refractivity contribution is 9.10. The van der Waals surface area contributed by atoms with Crippen LogP contribution in [0.2, 0.25) is 5.02 Å². The number of furan rings is 1. The standard InChI is InChI=1S/C14H13BrClNOS/c15-14-4-2-10(18-14)8-17-12-5-6-19-13-3-1-9(16)7-11(12)13/h1-4,7,12,17H,5-6,8H2. The first kappa shape index (κ1) is 13.6. The summed E-state index contributed by atoms with van der Waals surface area (Å²) in [7, 11) is 0. The molecule has 0 spiro atoms. The molecule has 19 heavy (non-hydrogen) atoms. The molecule has 1 atom stereocenters. The summed E-state index contributed by atoms with van der Waals surface area (Å²) in [6.45, 7) is 0.729. The Morgan fingerprint density at radius 2 is 2.26 bits per heavy atom. The van der Waals surface area contributed by atoms with Gasteiger partial charge >= 0.3 is 0 Å². The van der Waals surface area contributed by atoms with E-state index in [0.717, 1.165) is 34.2 Å². The van der Waals surface area contributed by atoms with Crippen LogP contribution in [0.1, 0.15) is 23.8 Å². The largest absolute Gasteiger partial charge is 0.453 e. The van der Waals surface area contributed by atoms with Gasteiger partial charge in [0.2, 0.25) is 0 Å². The average molecular weight is 359 g/mol. The zero-order valence-corrected chi connectivity index (χ0v) is 13.3. The van der Waals surface area contributed by atoms with Crippen LogP contribution in [0.5, 0.6) is 0 Å². The molecule has 0 aliphatic carbocycles. The summed E-state index contributed by atoms with van der Waals surface area (Å²) in [5, 5.41) is 4.35. The average Bonchev–Trinajstić information content (AvgIpc) is 2.82. The lowest BCUT2D eigenvalue weighted by Crippen LogP contribution is -2.24. The molecule has 100 valence electrons. The van der Waals surface area contributed by atoms with E-state index in [2.05, 4.69) is 33.4 Å². The lowest BCUT2D eigenvalue weighted by Gasteiger charge is -2.26. The third-order valence-corrected chi connectivity index (χ3v) is 4.95. The topological polar surface area (TPSA) is 25.2 Å². The van der Waals surface area contributed by atoms with Crippen molar-refractivity contribution in [2.75, 3.05) is 5.75 Å². The molecule has 2 aromatic rings. The van der Waals surface area contributed by atoms with E-state index in [0.29, 0.717) is 6.04 Å². The van der Waals surface area contributed by atoms with Crippen molar-refractivity contribution >= 4 is 39.3 Å². The summed E-state index contributed by atoms with van der Waals surface area (Å²) in [6.07, 6.45) is 1.11. The number of halogens is 2. The highest BCUT2D eigenvalue weighted by atomic mass is 79.9. The second-order valence-corrected chi connectivity index (χ2v) is 6.81. The van der Waals surface area contributed by atoms with E-state index in [9.17, 15) is 0 Å². The van der Waals surface area contributed by atoms with Crippen molar-refractivity contribution < 1.29 is 4.42 Å². The van der Waals surface area contributed by atoms with Gasteiger partial charge in [-0.1, -0.05) is 11.6 Å². The number of fused-ring (bicyclic) bond motifs is 1. The van der Waals surface area contributed by atoms with Crippen LogP contribution < -0.4 is 5.32 Å². The SMILES string of the molecule is Clc1ccc2c(c1)C(NCc1ccc(Br)o1)CCS2. The van der Waals surface area contributed by atoms with Gasteiger partial charge in [-0.3, -0.25) is 0 Å². The predicted octanol–water partition coefficient (Wildman–Crippen LogP) is 5.02. The summed E-state index contributed by atoms with van der Waals surface area (Å²) >= 11 is 11.3. The van der Waals surface area contributed by atoms with Crippen LogP contribution in [-0.2, 0) is 6.54 Å². The number of hydrogen-bond acceptors (Lipinski definition) is 3. The highest BCUT2D eigenvalue weighted by Gasteiger charge is 2.20. The molecule has 1 aromatic heterocycles. The Kier molecular flexibility index (Phi) is 4.22. The summed E-state index contributed by atoms with van der Waals surface area (Å²) in [6, 6.07) is 10.4. The lowest BCUT2D eigenvalue weighted by atomic mass is 10.0. The Bertz CT molecular complexity index is 587. The molecule has 0 amide bonds. The Labute approximate surface area is 130 Å². The summed E-state index contributed by atoms with van der Waals surface area (Å²) in [5.41, 5.74) is 1.30. The quantitative estimate of drug-likeness (QED) is 0.833. The first-order chi connectivity index (χ1) is 9.22. The van der Waals surface area contributed by atoms with Gasteiger partial charge in [-0.2, -0.15) is 0 Å². The molecule has 5 heteroatoms. The lowest BCUT2D eigenvalue weighted by molar-refractivity contribution is 0.430.